The van der Waals surface area contributed by atoms with Crippen LogP contribution in [-0.4, -0.2) is 0 Å². The van der Waals surface area contributed by atoms with Gasteiger partial charge in [0.2, 0.25) is 0 Å². The summed E-state index contributed by atoms with van der Waals surface area (Å²) in [5.41, 5.74) is 18.8. The molecule has 0 saturated carbocycles. The summed E-state index contributed by atoms with van der Waals surface area (Å²) in [5.74, 6) is 1.70. The van der Waals surface area contributed by atoms with Gasteiger partial charge in [-0.25, -0.2) is 0 Å². The molecular weight excluding hydrogens is 857 g/mol. The van der Waals surface area contributed by atoms with Crippen molar-refractivity contribution >= 4 is 22.6 Å². The first-order valence-electron chi connectivity index (χ1n) is 26.9. The molecule has 4 aromatic carbocycles. The maximum atomic E-state index is 4.04. The number of rotatable bonds is 15. The van der Waals surface area contributed by atoms with E-state index in [1.165, 1.54) is 93.2 Å². The van der Waals surface area contributed by atoms with Gasteiger partial charge in [-0.15, -0.1) is 6.58 Å². The van der Waals surface area contributed by atoms with Crippen LogP contribution in [0.3, 0.4) is 0 Å². The molecule has 0 aliphatic heterocycles. The van der Waals surface area contributed by atoms with Gasteiger partial charge in [0.25, 0.3) is 0 Å². The molecule has 0 aromatic heterocycles. The van der Waals surface area contributed by atoms with Crippen LogP contribution >= 0.6 is 0 Å². The van der Waals surface area contributed by atoms with Crippen molar-refractivity contribution in [3.8, 4) is 11.1 Å². The molecule has 4 aromatic rings. The Labute approximate surface area is 426 Å². The lowest BCUT2D eigenvalue weighted by molar-refractivity contribution is 0.478. The smallest absolute Gasteiger partial charge is 0.0461 e. The monoisotopic (exact) mass is 929 g/mol. The zero-order chi connectivity index (χ0) is 48.2. The van der Waals surface area contributed by atoms with Crippen LogP contribution in [0.4, 0.5) is 17.1 Å². The van der Waals surface area contributed by atoms with Crippen molar-refractivity contribution in [2.75, 3.05) is 9.80 Å². The van der Waals surface area contributed by atoms with E-state index >= 15 is 0 Å². The van der Waals surface area contributed by atoms with Gasteiger partial charge in [-0.3, -0.25) is 0 Å². The molecule has 2 nitrogen and oxygen atoms in total. The van der Waals surface area contributed by atoms with E-state index in [0.29, 0.717) is 17.8 Å². The third-order valence-corrected chi connectivity index (χ3v) is 15.6. The normalized spacial score (nSPS) is 21.6. The summed E-state index contributed by atoms with van der Waals surface area (Å²) in [6, 6.07) is 38.8. The second kappa shape index (κ2) is 23.3. The van der Waals surface area contributed by atoms with Gasteiger partial charge in [0, 0.05) is 52.4 Å². The molecule has 0 fully saturated rings. The van der Waals surface area contributed by atoms with Gasteiger partial charge in [0.05, 0.1) is 0 Å². The molecule has 6 aliphatic carbocycles. The van der Waals surface area contributed by atoms with Crippen molar-refractivity contribution in [3.63, 3.8) is 0 Å². The SMILES string of the molecule is C=CCC(/C=C\C)C1C=CC(N(C2=CC=C(c3ccc(-c4ccc(N(C5=CCC(C6=CC=CCC6)C=CC5)c5ccccc5)cc4C4C=CC(C5=CCCCC5)=CCC4)cc3)CC2)c2ccccc2)=CC1. The summed E-state index contributed by atoms with van der Waals surface area (Å²) in [4.78, 5) is 5.01. The van der Waals surface area contributed by atoms with Gasteiger partial charge in [0.15, 0.2) is 0 Å². The van der Waals surface area contributed by atoms with E-state index in [0.717, 1.165) is 64.2 Å². The summed E-state index contributed by atoms with van der Waals surface area (Å²) in [5, 5.41) is 0. The lowest BCUT2D eigenvalue weighted by Crippen LogP contribution is -2.24. The van der Waals surface area contributed by atoms with E-state index in [1.807, 2.05) is 0 Å². The average molecular weight is 929 g/mol. The minimum Gasteiger partial charge on any atom is -0.315 e. The Morgan fingerprint density at radius 1 is 0.620 bits per heavy atom. The number of nitrogens with zero attached hydrogens (tertiary/aromatic N) is 2. The summed E-state index contributed by atoms with van der Waals surface area (Å²) < 4.78 is 0. The van der Waals surface area contributed by atoms with Crippen LogP contribution in [0, 0.1) is 17.8 Å². The van der Waals surface area contributed by atoms with Crippen LogP contribution in [0.25, 0.3) is 16.7 Å². The van der Waals surface area contributed by atoms with E-state index in [2.05, 4.69) is 236 Å². The number of hydrogen-bond donors (Lipinski definition) is 0. The highest BCUT2D eigenvalue weighted by atomic mass is 15.2. The first-order valence-corrected chi connectivity index (χ1v) is 26.9. The molecule has 10 rings (SSSR count). The largest absolute Gasteiger partial charge is 0.315 e. The Balaban J connectivity index is 0.961. The number of anilines is 3. The molecular formula is C69H72N2. The van der Waals surface area contributed by atoms with Crippen LogP contribution in [-0.2, 0) is 0 Å². The van der Waals surface area contributed by atoms with E-state index in [4.69, 9.17) is 0 Å². The predicted molar refractivity (Wildman–Crippen MR) is 305 cm³/mol. The van der Waals surface area contributed by atoms with Crippen LogP contribution in [0.15, 0.2) is 253 Å². The Bertz CT molecular complexity index is 2900. The molecule has 4 unspecified atom stereocenters. The van der Waals surface area contributed by atoms with E-state index < -0.39 is 0 Å². The molecule has 0 heterocycles. The van der Waals surface area contributed by atoms with E-state index in [1.54, 1.807) is 11.1 Å². The van der Waals surface area contributed by atoms with E-state index in [-0.39, 0.29) is 5.92 Å². The molecule has 2 heteroatoms. The standard InChI is InChI=1S/C69H72N2/c1-3-19-52(20-4-2)58-40-45-65(46-41-58)70(62-28-13-7-14-29-62)66-47-42-59(43-48-66)57-34-37-61(38-35-57)68-50-49-67(51-69(68)60-27-17-25-55(33-36-60)53-21-9-5-10-22-53)71(63-30-15-8-16-31-63)64-32-18-26-56(39-44-64)54-23-11-6-12-24-54/h3-4,6-8,11,13-16,18,20-21,23,25-26,28-31,33-38,40,42,44-47,49-52,56,58,60H,1,5,9-10,12,17,19,22,24,27,32,39,41,43,48H2,2H3/b20-4-. The van der Waals surface area contributed by atoms with Gasteiger partial charge in [0.1, 0.15) is 0 Å². The minimum absolute atomic E-state index is 0.290. The van der Waals surface area contributed by atoms with Gasteiger partial charge >= 0.3 is 0 Å². The second-order valence-electron chi connectivity index (χ2n) is 20.2. The maximum Gasteiger partial charge on any atom is 0.0461 e. The topological polar surface area (TPSA) is 6.48 Å². The van der Waals surface area contributed by atoms with Gasteiger partial charge in [-0.05, 0) is 190 Å². The summed E-state index contributed by atoms with van der Waals surface area (Å²) >= 11 is 0. The van der Waals surface area contributed by atoms with Crippen LogP contribution in [0.1, 0.15) is 114 Å². The fourth-order valence-corrected chi connectivity index (χ4v) is 11.8. The fourth-order valence-electron chi connectivity index (χ4n) is 11.8. The van der Waals surface area contributed by atoms with Crippen LogP contribution in [0.2, 0.25) is 0 Å². The average Bonchev–Trinajstić information content (AvgIpc) is 3.85. The Morgan fingerprint density at radius 2 is 1.44 bits per heavy atom. The summed E-state index contributed by atoms with van der Waals surface area (Å²) in [6.07, 6.45) is 58.2. The first-order chi connectivity index (χ1) is 35.1. The summed E-state index contributed by atoms with van der Waals surface area (Å²) in [7, 11) is 0. The van der Waals surface area contributed by atoms with Crippen LogP contribution in [0.5, 0.6) is 0 Å². The minimum atomic E-state index is 0.290. The van der Waals surface area contributed by atoms with Gasteiger partial charge < -0.3 is 9.80 Å². The number of allylic oxidation sites excluding steroid dienone is 23. The first kappa shape index (κ1) is 47.8. The lowest BCUT2D eigenvalue weighted by atomic mass is 9.83. The Kier molecular flexibility index (Phi) is 15.7. The molecule has 71 heavy (non-hydrogen) atoms. The Hall–Kier alpha value is -6.90. The highest BCUT2D eigenvalue weighted by Crippen LogP contribution is 2.43. The molecule has 0 radical (unpaired) electrons. The van der Waals surface area contributed by atoms with E-state index in [9.17, 15) is 0 Å². The lowest BCUT2D eigenvalue weighted by Gasteiger charge is -2.33. The van der Waals surface area contributed by atoms with Gasteiger partial charge in [-0.2, -0.15) is 0 Å². The highest BCUT2D eigenvalue weighted by molar-refractivity contribution is 5.79. The third kappa shape index (κ3) is 11.3. The molecule has 358 valence electrons. The molecule has 0 spiro atoms. The molecule has 0 amide bonds. The summed E-state index contributed by atoms with van der Waals surface area (Å²) in [6.45, 7) is 6.17. The van der Waals surface area contributed by atoms with Crippen molar-refractivity contribution in [3.05, 3.63) is 264 Å². The fraction of sp³-hybridized carbons (Fsp3) is 0.275. The predicted octanol–water partition coefficient (Wildman–Crippen LogP) is 19.3. The van der Waals surface area contributed by atoms with Crippen LogP contribution < -0.4 is 9.80 Å². The molecule has 0 N–H and O–H groups in total. The third-order valence-electron chi connectivity index (χ3n) is 15.6. The van der Waals surface area contributed by atoms with Crippen molar-refractivity contribution in [2.24, 2.45) is 17.8 Å². The van der Waals surface area contributed by atoms with Crippen molar-refractivity contribution in [1.29, 1.82) is 0 Å². The van der Waals surface area contributed by atoms with Crippen molar-refractivity contribution in [1.82, 2.24) is 0 Å². The molecule has 0 bridgehead atoms. The zero-order valence-corrected chi connectivity index (χ0v) is 42.0. The quantitative estimate of drug-likeness (QED) is 0.110. The molecule has 0 saturated heterocycles. The highest BCUT2D eigenvalue weighted by Gasteiger charge is 2.25. The number of benzene rings is 4. The number of para-hydroxylation sites is 2. The number of hydrogen-bond acceptors (Lipinski definition) is 2. The second-order valence-corrected chi connectivity index (χ2v) is 20.2. The molecule has 4 atom stereocenters. The Morgan fingerprint density at radius 3 is 2.14 bits per heavy atom. The van der Waals surface area contributed by atoms with Crippen molar-refractivity contribution < 1.29 is 0 Å². The molecule has 6 aliphatic rings. The van der Waals surface area contributed by atoms with Gasteiger partial charge in [-0.1, -0.05) is 170 Å². The zero-order valence-electron chi connectivity index (χ0n) is 42.0. The maximum absolute atomic E-state index is 4.04. The van der Waals surface area contributed by atoms with Crippen molar-refractivity contribution in [2.45, 2.75) is 103 Å².